The fourth-order valence-corrected chi connectivity index (χ4v) is 2.93. The van der Waals surface area contributed by atoms with Crippen LogP contribution in [0.5, 0.6) is 0 Å². The largest absolute Gasteiger partial charge is 0.373 e. The first kappa shape index (κ1) is 17.0. The zero-order valence-electron chi connectivity index (χ0n) is 13.0. The summed E-state index contributed by atoms with van der Waals surface area (Å²) in [5.74, 6) is 0.453. The Morgan fingerprint density at radius 2 is 1.50 bits per heavy atom. The van der Waals surface area contributed by atoms with Crippen LogP contribution in [0, 0.1) is 0 Å². The second-order valence-corrected chi connectivity index (χ2v) is 6.24. The number of methoxy groups -OCH3 is 1. The smallest absolute Gasteiger partial charge is 0.173 e. The third-order valence-corrected chi connectivity index (χ3v) is 4.34. The minimum Gasteiger partial charge on any atom is -0.373 e. The molecule has 0 saturated heterocycles. The first-order valence-electron chi connectivity index (χ1n) is 7.30. The fourth-order valence-electron chi connectivity index (χ4n) is 2.68. The van der Waals surface area contributed by atoms with E-state index in [0.29, 0.717) is 27.0 Å². The summed E-state index contributed by atoms with van der Waals surface area (Å²) in [6.45, 7) is 0.277. The monoisotopic (exact) mass is 362 g/mol. The number of aliphatic hydroxyl groups is 1. The van der Waals surface area contributed by atoms with E-state index in [1.165, 1.54) is 0 Å². The molecule has 0 saturated carbocycles. The number of nitrogens with zero attached hydrogens (tertiary/aromatic N) is 2. The van der Waals surface area contributed by atoms with E-state index in [2.05, 4.69) is 4.98 Å². The lowest BCUT2D eigenvalue weighted by atomic mass is 9.85. The standard InChI is InChI=1S/C18H16Cl2N2O2/c1-24-12-22-11-10-21-17(22)18(23,13-2-6-15(19)7-3-13)14-4-8-16(20)9-5-14/h2-11,23H,12H2,1H3. The summed E-state index contributed by atoms with van der Waals surface area (Å²) >= 11 is 12.0. The van der Waals surface area contributed by atoms with Crippen LogP contribution in [0.4, 0.5) is 0 Å². The van der Waals surface area contributed by atoms with Gasteiger partial charge in [-0.25, -0.2) is 4.98 Å². The number of benzene rings is 2. The van der Waals surface area contributed by atoms with Gasteiger partial charge in [0.2, 0.25) is 0 Å². The highest BCUT2D eigenvalue weighted by Crippen LogP contribution is 2.36. The van der Waals surface area contributed by atoms with Gasteiger partial charge < -0.3 is 14.4 Å². The molecule has 0 amide bonds. The lowest BCUT2D eigenvalue weighted by molar-refractivity contribution is 0.0846. The molecule has 1 N–H and O–H groups in total. The zero-order valence-corrected chi connectivity index (χ0v) is 14.5. The molecule has 0 bridgehead atoms. The van der Waals surface area contributed by atoms with Crippen molar-refractivity contribution in [2.24, 2.45) is 0 Å². The van der Waals surface area contributed by atoms with Crippen LogP contribution in [0.25, 0.3) is 0 Å². The van der Waals surface area contributed by atoms with Crippen LogP contribution < -0.4 is 0 Å². The van der Waals surface area contributed by atoms with Crippen molar-refractivity contribution in [3.63, 3.8) is 0 Å². The Bertz CT molecular complexity index is 768. The topological polar surface area (TPSA) is 47.3 Å². The third kappa shape index (κ3) is 3.06. The molecule has 24 heavy (non-hydrogen) atoms. The first-order chi connectivity index (χ1) is 11.6. The molecular weight excluding hydrogens is 347 g/mol. The minimum absolute atomic E-state index is 0.277. The van der Waals surface area contributed by atoms with Gasteiger partial charge in [-0.3, -0.25) is 0 Å². The van der Waals surface area contributed by atoms with Crippen LogP contribution in [0.3, 0.4) is 0 Å². The van der Waals surface area contributed by atoms with Gasteiger partial charge in [0.25, 0.3) is 0 Å². The Labute approximate surface area is 150 Å². The van der Waals surface area contributed by atoms with Gasteiger partial charge in [0, 0.05) is 29.5 Å². The lowest BCUT2D eigenvalue weighted by Gasteiger charge is -2.29. The number of ether oxygens (including phenoxy) is 1. The van der Waals surface area contributed by atoms with Crippen molar-refractivity contribution in [1.82, 2.24) is 9.55 Å². The Morgan fingerprint density at radius 1 is 1.00 bits per heavy atom. The SMILES string of the molecule is COCn1ccnc1C(O)(c1ccc(Cl)cc1)c1ccc(Cl)cc1. The highest BCUT2D eigenvalue weighted by atomic mass is 35.5. The van der Waals surface area contributed by atoms with Crippen LogP contribution >= 0.6 is 23.2 Å². The molecule has 0 aliphatic rings. The molecule has 3 rings (SSSR count). The molecule has 6 heteroatoms. The van der Waals surface area contributed by atoms with Gasteiger partial charge in [-0.2, -0.15) is 0 Å². The van der Waals surface area contributed by atoms with Gasteiger partial charge in [-0.15, -0.1) is 0 Å². The molecule has 0 unspecified atom stereocenters. The Kier molecular flexibility index (Phi) is 4.92. The summed E-state index contributed by atoms with van der Waals surface area (Å²) in [6, 6.07) is 14.1. The van der Waals surface area contributed by atoms with Gasteiger partial charge >= 0.3 is 0 Å². The van der Waals surface area contributed by atoms with Crippen molar-refractivity contribution in [1.29, 1.82) is 0 Å². The lowest BCUT2D eigenvalue weighted by Crippen LogP contribution is -2.32. The Morgan fingerprint density at radius 3 is 1.96 bits per heavy atom. The third-order valence-electron chi connectivity index (χ3n) is 3.83. The van der Waals surface area contributed by atoms with E-state index >= 15 is 0 Å². The van der Waals surface area contributed by atoms with E-state index in [-0.39, 0.29) is 6.73 Å². The van der Waals surface area contributed by atoms with E-state index in [9.17, 15) is 5.11 Å². The number of aromatic nitrogens is 2. The van der Waals surface area contributed by atoms with Crippen LogP contribution in [0.2, 0.25) is 10.0 Å². The number of hydrogen-bond donors (Lipinski definition) is 1. The highest BCUT2D eigenvalue weighted by Gasteiger charge is 2.38. The van der Waals surface area contributed by atoms with Crippen LogP contribution in [-0.4, -0.2) is 21.8 Å². The van der Waals surface area contributed by atoms with E-state index in [1.807, 2.05) is 0 Å². The number of rotatable bonds is 5. The van der Waals surface area contributed by atoms with Crippen LogP contribution in [0.15, 0.2) is 60.9 Å². The number of imidazole rings is 1. The maximum absolute atomic E-state index is 11.7. The second kappa shape index (κ2) is 6.95. The summed E-state index contributed by atoms with van der Waals surface area (Å²) in [7, 11) is 1.59. The number of hydrogen-bond acceptors (Lipinski definition) is 3. The zero-order chi connectivity index (χ0) is 17.2. The van der Waals surface area contributed by atoms with E-state index in [1.54, 1.807) is 72.6 Å². The van der Waals surface area contributed by atoms with Crippen molar-refractivity contribution in [3.05, 3.63) is 87.9 Å². The molecule has 124 valence electrons. The molecular formula is C18H16Cl2N2O2. The maximum Gasteiger partial charge on any atom is 0.173 e. The molecule has 0 spiro atoms. The Balaban J connectivity index is 2.22. The predicted octanol–water partition coefficient (Wildman–Crippen LogP) is 4.08. The van der Waals surface area contributed by atoms with Crippen LogP contribution in [0.1, 0.15) is 17.0 Å². The van der Waals surface area contributed by atoms with Gasteiger partial charge in [0.15, 0.2) is 11.4 Å². The molecule has 0 aliphatic carbocycles. The molecule has 3 aromatic rings. The molecule has 2 aromatic carbocycles. The quantitative estimate of drug-likeness (QED) is 0.743. The Hall–Kier alpha value is -1.85. The molecule has 4 nitrogen and oxygen atoms in total. The van der Waals surface area contributed by atoms with E-state index in [4.69, 9.17) is 27.9 Å². The molecule has 0 radical (unpaired) electrons. The molecule has 1 heterocycles. The van der Waals surface area contributed by atoms with Crippen LogP contribution in [-0.2, 0) is 17.1 Å². The molecule has 0 atom stereocenters. The average Bonchev–Trinajstić information content (AvgIpc) is 3.05. The summed E-state index contributed by atoms with van der Waals surface area (Å²) in [6.07, 6.45) is 3.39. The van der Waals surface area contributed by atoms with Crippen molar-refractivity contribution in [2.45, 2.75) is 12.3 Å². The molecule has 0 aliphatic heterocycles. The van der Waals surface area contributed by atoms with Crippen molar-refractivity contribution < 1.29 is 9.84 Å². The summed E-state index contributed by atoms with van der Waals surface area (Å²) in [5.41, 5.74) is -0.160. The second-order valence-electron chi connectivity index (χ2n) is 5.36. The highest BCUT2D eigenvalue weighted by molar-refractivity contribution is 6.30. The van der Waals surface area contributed by atoms with E-state index in [0.717, 1.165) is 0 Å². The fraction of sp³-hybridized carbons (Fsp3) is 0.167. The van der Waals surface area contributed by atoms with Crippen molar-refractivity contribution >= 4 is 23.2 Å². The molecule has 0 fully saturated rings. The van der Waals surface area contributed by atoms with Gasteiger partial charge in [-0.05, 0) is 35.4 Å². The van der Waals surface area contributed by atoms with E-state index < -0.39 is 5.60 Å². The summed E-state index contributed by atoms with van der Waals surface area (Å²) < 4.78 is 6.95. The maximum atomic E-state index is 11.7. The van der Waals surface area contributed by atoms with Crippen molar-refractivity contribution in [3.8, 4) is 0 Å². The first-order valence-corrected chi connectivity index (χ1v) is 8.06. The summed E-state index contributed by atoms with van der Waals surface area (Å²) in [4.78, 5) is 4.37. The van der Waals surface area contributed by atoms with Gasteiger partial charge in [-0.1, -0.05) is 47.5 Å². The average molecular weight is 363 g/mol. The van der Waals surface area contributed by atoms with Gasteiger partial charge in [0.05, 0.1) is 0 Å². The predicted molar refractivity (Wildman–Crippen MR) is 94.2 cm³/mol. The summed E-state index contributed by atoms with van der Waals surface area (Å²) in [5, 5.41) is 12.9. The molecule has 1 aromatic heterocycles. The number of halogens is 2. The normalized spacial score (nSPS) is 11.7. The minimum atomic E-state index is -1.46. The van der Waals surface area contributed by atoms with Gasteiger partial charge in [0.1, 0.15) is 6.73 Å². The van der Waals surface area contributed by atoms with Crippen molar-refractivity contribution in [2.75, 3.05) is 7.11 Å².